The van der Waals surface area contributed by atoms with E-state index in [0.717, 1.165) is 52.7 Å². The molecule has 4 atom stereocenters. The molecule has 0 saturated heterocycles. The number of halogens is 1. The van der Waals surface area contributed by atoms with E-state index >= 15 is 0 Å². The van der Waals surface area contributed by atoms with E-state index in [1.54, 1.807) is 18.3 Å². The summed E-state index contributed by atoms with van der Waals surface area (Å²) in [6.07, 6.45) is 8.77. The Morgan fingerprint density at radius 2 is 1.78 bits per heavy atom. The van der Waals surface area contributed by atoms with Crippen molar-refractivity contribution < 1.29 is 42.0 Å². The first kappa shape index (κ1) is 52.8. The van der Waals surface area contributed by atoms with Gasteiger partial charge in [0.25, 0.3) is 16.0 Å². The van der Waals surface area contributed by atoms with Crippen LogP contribution in [0.3, 0.4) is 0 Å². The summed E-state index contributed by atoms with van der Waals surface area (Å²) in [6, 6.07) is 17.1. The van der Waals surface area contributed by atoms with Crippen molar-refractivity contribution in [1.82, 2.24) is 30.0 Å². The Balaban J connectivity index is 0.948. The van der Waals surface area contributed by atoms with Gasteiger partial charge < -0.3 is 25.0 Å². The second-order valence-electron chi connectivity index (χ2n) is 20.9. The number of carbonyl (C=O) groups excluding carboxylic acids is 3. The molecule has 0 spiro atoms. The van der Waals surface area contributed by atoms with Crippen molar-refractivity contribution in [3.05, 3.63) is 88.9 Å². The maximum atomic E-state index is 13.7. The number of pyridine rings is 1. The molecule has 4 unspecified atom stereocenters. The Kier molecular flexibility index (Phi) is 16.1. The molecule has 8 rings (SSSR count). The van der Waals surface area contributed by atoms with Gasteiger partial charge in [0.05, 0.1) is 34.4 Å². The number of carbonyl (C=O) groups is 4. The largest absolute Gasteiger partial charge is 0.476 e. The fraction of sp³-hybridized carbons (Fsp3) is 0.519. The molecule has 3 aliphatic rings. The number of nitrogens with zero attached hydrogens (tertiary/aromatic N) is 6. The Morgan fingerprint density at radius 1 is 0.972 bits per heavy atom. The molecule has 2 aliphatic carbocycles. The summed E-state index contributed by atoms with van der Waals surface area (Å²) in [6.45, 7) is 10.9. The number of benzene rings is 2. The normalized spacial score (nSPS) is 21.8. The number of amides is 3. The first-order valence-corrected chi connectivity index (χ1v) is 27.7. The molecule has 4 heterocycles. The number of aromatic carboxylic acids is 1. The lowest BCUT2D eigenvalue weighted by molar-refractivity contribution is -0.180. The minimum atomic E-state index is -4.31. The maximum Gasteiger partial charge on any atom is 0.355 e. The monoisotopic (exact) mass is 1040 g/mol. The van der Waals surface area contributed by atoms with Gasteiger partial charge in [-0.3, -0.25) is 28.9 Å². The van der Waals surface area contributed by atoms with E-state index in [4.69, 9.17) is 26.4 Å². The van der Waals surface area contributed by atoms with Gasteiger partial charge in [-0.1, -0.05) is 62.8 Å². The number of alkyl halides is 1. The molecule has 386 valence electrons. The Labute approximate surface area is 429 Å². The number of carboxylic acids is 1. The first-order valence-electron chi connectivity index (χ1n) is 24.7. The van der Waals surface area contributed by atoms with Gasteiger partial charge in [-0.25, -0.2) is 14.8 Å². The quantitative estimate of drug-likeness (QED) is 0.0308. The summed E-state index contributed by atoms with van der Waals surface area (Å²) in [7, 11) is -4.31. The number of unbranched alkanes of at least 4 members (excludes halogenated alkanes) is 2. The lowest BCUT2D eigenvalue weighted by atomic mass is 9.51. The third kappa shape index (κ3) is 12.6. The summed E-state index contributed by atoms with van der Waals surface area (Å²) >= 11 is 6.96. The molecule has 17 nitrogen and oxygen atoms in total. The average molecular weight is 1050 g/mol. The zero-order valence-electron chi connectivity index (χ0n) is 41.4. The van der Waals surface area contributed by atoms with Gasteiger partial charge in [-0.05, 0) is 116 Å². The molecule has 1 aliphatic heterocycles. The van der Waals surface area contributed by atoms with Crippen LogP contribution in [0.2, 0.25) is 0 Å². The van der Waals surface area contributed by atoms with E-state index in [-0.39, 0.29) is 66.2 Å². The molecule has 5 aromatic rings. The van der Waals surface area contributed by atoms with E-state index in [2.05, 4.69) is 36.4 Å². The first-order chi connectivity index (χ1) is 34.2. The van der Waals surface area contributed by atoms with Crippen LogP contribution in [0.4, 0.5) is 10.9 Å². The van der Waals surface area contributed by atoms with Crippen LogP contribution >= 0.6 is 22.9 Å². The highest BCUT2D eigenvalue weighted by Crippen LogP contribution is 2.60. The number of para-hydroxylation sites is 1. The Bertz CT molecular complexity index is 2910. The fourth-order valence-corrected chi connectivity index (χ4v) is 13.6. The minimum absolute atomic E-state index is 0.0512. The smallest absolute Gasteiger partial charge is 0.355 e. The number of carboxylic acid groups (broad SMARTS) is 1. The van der Waals surface area contributed by atoms with Crippen LogP contribution in [-0.4, -0.2) is 116 Å². The number of nitrogens with one attached hydrogen (secondary N) is 2. The van der Waals surface area contributed by atoms with E-state index in [1.807, 2.05) is 59.0 Å². The van der Waals surface area contributed by atoms with Crippen LogP contribution in [0, 0.1) is 23.7 Å². The lowest BCUT2D eigenvalue weighted by Gasteiger charge is -2.58. The molecule has 4 N–H and O–H groups in total. The van der Waals surface area contributed by atoms with Crippen LogP contribution in [0.5, 0.6) is 0 Å². The molecular formula is C52H65ClN8O9S2. The highest BCUT2D eigenvalue weighted by atomic mass is 35.5. The van der Waals surface area contributed by atoms with E-state index in [1.165, 1.54) is 16.2 Å². The number of rotatable bonds is 21. The third-order valence-electron chi connectivity index (χ3n) is 14.5. The highest BCUT2D eigenvalue weighted by Gasteiger charge is 2.55. The second kappa shape index (κ2) is 21.9. The van der Waals surface area contributed by atoms with Crippen molar-refractivity contribution in [3.63, 3.8) is 0 Å². The zero-order chi connectivity index (χ0) is 51.4. The summed E-state index contributed by atoms with van der Waals surface area (Å²) in [5, 5.41) is 21.7. The van der Waals surface area contributed by atoms with Gasteiger partial charge in [-0.2, -0.15) is 13.5 Å². The fourth-order valence-electron chi connectivity index (χ4n) is 12.2. The number of hydrogen-bond acceptors (Lipinski definition) is 12. The van der Waals surface area contributed by atoms with Crippen LogP contribution in [-0.2, 0) is 44.0 Å². The van der Waals surface area contributed by atoms with Crippen LogP contribution < -0.4 is 15.5 Å². The molecule has 3 aromatic heterocycles. The number of fused-ring (bicyclic) bond motifs is 4. The predicted molar refractivity (Wildman–Crippen MR) is 278 cm³/mol. The van der Waals surface area contributed by atoms with Gasteiger partial charge in [0.1, 0.15) is 11.7 Å². The number of anilines is 2. The predicted octanol–water partition coefficient (Wildman–Crippen LogP) is 8.39. The number of ether oxygens (including phenoxy) is 1. The lowest BCUT2D eigenvalue weighted by Crippen LogP contribution is -2.55. The van der Waals surface area contributed by atoms with E-state index in [0.29, 0.717) is 91.8 Å². The molecule has 2 bridgehead atoms. The van der Waals surface area contributed by atoms with Gasteiger partial charge in [-0.15, -0.1) is 11.6 Å². The van der Waals surface area contributed by atoms with Crippen molar-refractivity contribution in [2.45, 2.75) is 111 Å². The summed E-state index contributed by atoms with van der Waals surface area (Å²) < 4.78 is 42.9. The number of hydrogen-bond donors (Lipinski definition) is 4. The average Bonchev–Trinajstić information content (AvgIpc) is 3.90. The molecular weight excluding hydrogens is 980 g/mol. The number of aromatic nitrogens is 4. The van der Waals surface area contributed by atoms with Crippen LogP contribution in [0.1, 0.15) is 116 Å². The molecule has 3 amide bonds. The molecule has 20 heteroatoms. The van der Waals surface area contributed by atoms with Crippen LogP contribution in [0.15, 0.2) is 60.8 Å². The molecule has 2 fully saturated rings. The van der Waals surface area contributed by atoms with Crippen molar-refractivity contribution in [2.75, 3.05) is 54.6 Å². The Hall–Kier alpha value is -5.47. The standard InChI is InChI=1S/C52H65ClN8O9S2/c1-34-25-50(3)30-51(4,32-52(26-34,31-50)70-23-21-59(22-24-72(67,68)69)45(63)15-6-5-9-19-54-44(62)27-53)33-61-35(2)39(28-55-61)37-16-17-43(57-46(37)48(65)66)60-20-18-36-11-10-12-38(40(36)29-60)47(64)58-49-56-41-13-7-8-14-42(41)71-49/h7-8,10-14,16-17,28,34H,5-6,9,15,18-27,29-33H2,1-4H3,(H,54,62)(H,65,66)(H,56,58,64)(H,67,68,69). The minimum Gasteiger partial charge on any atom is -0.476 e. The Morgan fingerprint density at radius 3 is 2.54 bits per heavy atom. The maximum absolute atomic E-state index is 13.7. The number of thiazole rings is 1. The molecule has 0 radical (unpaired) electrons. The van der Waals surface area contributed by atoms with Gasteiger partial charge in [0.2, 0.25) is 11.8 Å². The van der Waals surface area contributed by atoms with Gasteiger partial charge >= 0.3 is 5.97 Å². The highest BCUT2D eigenvalue weighted by molar-refractivity contribution is 7.85. The van der Waals surface area contributed by atoms with Crippen molar-refractivity contribution in [3.8, 4) is 11.1 Å². The van der Waals surface area contributed by atoms with E-state index in [9.17, 15) is 37.3 Å². The molecule has 2 aromatic carbocycles. The second-order valence-corrected chi connectivity index (χ2v) is 23.8. The molecule has 2 saturated carbocycles. The van der Waals surface area contributed by atoms with E-state index < -0.39 is 27.4 Å². The molecule has 72 heavy (non-hydrogen) atoms. The summed E-state index contributed by atoms with van der Waals surface area (Å²) in [4.78, 5) is 64.4. The van der Waals surface area contributed by atoms with Crippen molar-refractivity contribution in [1.29, 1.82) is 0 Å². The summed E-state index contributed by atoms with van der Waals surface area (Å²) in [5.41, 5.74) is 4.26. The van der Waals surface area contributed by atoms with Gasteiger partial charge in [0.15, 0.2) is 10.8 Å². The topological polar surface area (TPSA) is 226 Å². The van der Waals surface area contributed by atoms with Gasteiger partial charge in [0, 0.05) is 68.1 Å². The SMILES string of the molecule is Cc1c(-c2ccc(N3CCc4cccc(C(=O)Nc5nc6ccccc6s5)c4C3)nc2C(=O)O)cnn1CC1(C)CC2(C)CC(C)CC(OCCN(CCS(=O)(=O)O)C(=O)CCCCCNC(=O)CCl)(C2)C1. The third-order valence-corrected chi connectivity index (χ3v) is 16.4. The van der Waals surface area contributed by atoms with Crippen molar-refractivity contribution in [2.24, 2.45) is 16.7 Å². The zero-order valence-corrected chi connectivity index (χ0v) is 43.8. The van der Waals surface area contributed by atoms with Crippen molar-refractivity contribution >= 4 is 77.9 Å². The summed E-state index contributed by atoms with van der Waals surface area (Å²) in [5.74, 6) is -1.71. The van der Waals surface area contributed by atoms with Crippen LogP contribution in [0.25, 0.3) is 21.3 Å².